The lowest BCUT2D eigenvalue weighted by Crippen LogP contribution is -2.47. The first-order chi connectivity index (χ1) is 15.1. The van der Waals surface area contributed by atoms with E-state index < -0.39 is 0 Å². The number of anilines is 1. The Morgan fingerprint density at radius 1 is 1.10 bits per heavy atom. The summed E-state index contributed by atoms with van der Waals surface area (Å²) in [5.41, 5.74) is 2.90. The van der Waals surface area contributed by atoms with Gasteiger partial charge < -0.3 is 15.0 Å². The molecule has 1 fully saturated rings. The first kappa shape index (κ1) is 21.6. The van der Waals surface area contributed by atoms with Crippen molar-refractivity contribution >= 4 is 17.4 Å². The largest absolute Gasteiger partial charge is 0.493 e. The van der Waals surface area contributed by atoms with E-state index in [1.807, 2.05) is 43.3 Å². The highest BCUT2D eigenvalue weighted by atomic mass is 16.5. The maximum atomic E-state index is 12.9. The highest BCUT2D eigenvalue weighted by molar-refractivity contribution is 5.94. The molecular formula is C26H32N2O3. The van der Waals surface area contributed by atoms with Crippen molar-refractivity contribution in [1.82, 2.24) is 4.90 Å². The smallest absolute Gasteiger partial charge is 0.224 e. The van der Waals surface area contributed by atoms with Gasteiger partial charge in [-0.25, -0.2) is 0 Å². The number of hydrogen-bond acceptors (Lipinski definition) is 4. The summed E-state index contributed by atoms with van der Waals surface area (Å²) in [4.78, 5) is 26.9. The normalized spacial score (nSPS) is 18.2. The van der Waals surface area contributed by atoms with E-state index in [9.17, 15) is 9.59 Å². The number of ether oxygens (including phenoxy) is 1. The molecule has 0 atom stereocenters. The van der Waals surface area contributed by atoms with Crippen molar-refractivity contribution in [2.24, 2.45) is 0 Å². The van der Waals surface area contributed by atoms with Crippen LogP contribution in [0.2, 0.25) is 0 Å². The first-order valence-corrected chi connectivity index (χ1v) is 11.5. The van der Waals surface area contributed by atoms with Crippen LogP contribution in [-0.2, 0) is 21.4 Å². The maximum absolute atomic E-state index is 12.9. The van der Waals surface area contributed by atoms with Crippen molar-refractivity contribution in [3.63, 3.8) is 0 Å². The summed E-state index contributed by atoms with van der Waals surface area (Å²) in [5.74, 6) is 1.24. The van der Waals surface area contributed by atoms with E-state index in [-0.39, 0.29) is 11.3 Å². The van der Waals surface area contributed by atoms with Gasteiger partial charge in [-0.15, -0.1) is 0 Å². The number of ketones is 1. The number of amides is 1. The van der Waals surface area contributed by atoms with Crippen molar-refractivity contribution in [1.29, 1.82) is 0 Å². The van der Waals surface area contributed by atoms with Crippen LogP contribution < -0.4 is 10.1 Å². The highest BCUT2D eigenvalue weighted by Gasteiger charge is 2.41. The standard InChI is InChI=1S/C26H32N2O3/c1-2-24(29)26(21-7-4-3-5-8-21)13-16-28(17-14-26)15-6-18-31-22-11-9-20-10-12-25(30)27-23(20)19-22/h3-5,7-9,11,19H,2,6,10,12-18H2,1H3,(H,27,30). The van der Waals surface area contributed by atoms with Crippen molar-refractivity contribution in [2.45, 2.75) is 50.9 Å². The van der Waals surface area contributed by atoms with E-state index in [1.54, 1.807) is 0 Å². The number of aryl methyl sites for hydroxylation is 1. The third-order valence-corrected chi connectivity index (χ3v) is 6.76. The minimum Gasteiger partial charge on any atom is -0.493 e. The number of likely N-dealkylation sites (tertiary alicyclic amines) is 1. The van der Waals surface area contributed by atoms with Crippen LogP contribution in [0.4, 0.5) is 5.69 Å². The lowest BCUT2D eigenvalue weighted by molar-refractivity contribution is -0.126. The van der Waals surface area contributed by atoms with Gasteiger partial charge in [0.1, 0.15) is 11.5 Å². The molecule has 2 aromatic carbocycles. The molecule has 1 N–H and O–H groups in total. The number of Topliss-reactive ketones (excluding diaryl/α,β-unsaturated/α-hetero) is 1. The number of carbonyl (C=O) groups is 2. The summed E-state index contributed by atoms with van der Waals surface area (Å²) < 4.78 is 5.93. The van der Waals surface area contributed by atoms with E-state index in [0.717, 1.165) is 56.8 Å². The van der Waals surface area contributed by atoms with E-state index >= 15 is 0 Å². The summed E-state index contributed by atoms with van der Waals surface area (Å²) in [6.07, 6.45) is 4.64. The van der Waals surface area contributed by atoms with Gasteiger partial charge in [0.05, 0.1) is 12.0 Å². The molecule has 0 spiro atoms. The number of hydrogen-bond donors (Lipinski definition) is 1. The van der Waals surface area contributed by atoms with Gasteiger partial charge in [0.25, 0.3) is 0 Å². The molecule has 31 heavy (non-hydrogen) atoms. The second-order valence-electron chi connectivity index (χ2n) is 8.64. The van der Waals surface area contributed by atoms with Crippen molar-refractivity contribution in [2.75, 3.05) is 31.6 Å². The highest BCUT2D eigenvalue weighted by Crippen LogP contribution is 2.37. The molecular weight excluding hydrogens is 388 g/mol. The molecule has 0 aliphatic carbocycles. The molecule has 5 nitrogen and oxygen atoms in total. The second kappa shape index (κ2) is 9.65. The van der Waals surface area contributed by atoms with Crippen LogP contribution >= 0.6 is 0 Å². The van der Waals surface area contributed by atoms with Gasteiger partial charge in [-0.3, -0.25) is 9.59 Å². The van der Waals surface area contributed by atoms with Crippen LogP contribution in [0.3, 0.4) is 0 Å². The van der Waals surface area contributed by atoms with Crippen LogP contribution in [-0.4, -0.2) is 42.8 Å². The molecule has 2 aromatic rings. The monoisotopic (exact) mass is 420 g/mol. The Kier molecular flexibility index (Phi) is 6.71. The van der Waals surface area contributed by atoms with E-state index in [1.165, 1.54) is 11.1 Å². The SMILES string of the molecule is CCC(=O)C1(c2ccccc2)CCN(CCCOc2ccc3c(c2)NC(=O)CC3)CC1. The lowest BCUT2D eigenvalue weighted by atomic mass is 9.69. The molecule has 2 aliphatic heterocycles. The lowest BCUT2D eigenvalue weighted by Gasteiger charge is -2.41. The molecule has 5 heteroatoms. The Balaban J connectivity index is 1.26. The van der Waals surface area contributed by atoms with E-state index in [2.05, 4.69) is 22.3 Å². The number of benzene rings is 2. The zero-order valence-electron chi connectivity index (χ0n) is 18.4. The Hall–Kier alpha value is -2.66. The summed E-state index contributed by atoms with van der Waals surface area (Å²) in [6.45, 7) is 5.45. The number of piperidine rings is 1. The van der Waals surface area contributed by atoms with Crippen LogP contribution in [0, 0.1) is 0 Å². The third kappa shape index (κ3) is 4.82. The van der Waals surface area contributed by atoms with E-state index in [4.69, 9.17) is 4.74 Å². The molecule has 0 unspecified atom stereocenters. The number of nitrogens with zero attached hydrogens (tertiary/aromatic N) is 1. The predicted octanol–water partition coefficient (Wildman–Crippen LogP) is 4.35. The van der Waals surface area contributed by atoms with Gasteiger partial charge in [-0.1, -0.05) is 43.3 Å². The molecule has 0 radical (unpaired) electrons. The fourth-order valence-electron chi connectivity index (χ4n) is 4.90. The third-order valence-electron chi connectivity index (χ3n) is 6.76. The Labute approximate surface area is 184 Å². The quantitative estimate of drug-likeness (QED) is 0.645. The van der Waals surface area contributed by atoms with Crippen molar-refractivity contribution in [3.8, 4) is 5.75 Å². The second-order valence-corrected chi connectivity index (χ2v) is 8.64. The molecule has 4 rings (SSSR count). The Morgan fingerprint density at radius 2 is 1.87 bits per heavy atom. The van der Waals surface area contributed by atoms with Crippen LogP contribution in [0.5, 0.6) is 5.75 Å². The van der Waals surface area contributed by atoms with Gasteiger partial charge in [-0.2, -0.15) is 0 Å². The topological polar surface area (TPSA) is 58.6 Å². The van der Waals surface area contributed by atoms with E-state index in [0.29, 0.717) is 25.2 Å². The summed E-state index contributed by atoms with van der Waals surface area (Å²) in [5, 5.41) is 2.92. The Bertz CT molecular complexity index is 918. The summed E-state index contributed by atoms with van der Waals surface area (Å²) in [6, 6.07) is 16.3. The fraction of sp³-hybridized carbons (Fsp3) is 0.462. The molecule has 2 aliphatic rings. The van der Waals surface area contributed by atoms with Gasteiger partial charge >= 0.3 is 0 Å². The molecule has 1 amide bonds. The summed E-state index contributed by atoms with van der Waals surface area (Å²) >= 11 is 0. The van der Waals surface area contributed by atoms with Gasteiger partial charge in [-0.05, 0) is 56.0 Å². The zero-order valence-corrected chi connectivity index (χ0v) is 18.4. The van der Waals surface area contributed by atoms with Gasteiger partial charge in [0, 0.05) is 31.1 Å². The first-order valence-electron chi connectivity index (χ1n) is 11.5. The summed E-state index contributed by atoms with van der Waals surface area (Å²) in [7, 11) is 0. The van der Waals surface area contributed by atoms with Crippen molar-refractivity contribution in [3.05, 3.63) is 59.7 Å². The number of nitrogens with one attached hydrogen (secondary N) is 1. The predicted molar refractivity (Wildman–Crippen MR) is 123 cm³/mol. The molecule has 164 valence electrons. The molecule has 0 bridgehead atoms. The van der Waals surface area contributed by atoms with Crippen molar-refractivity contribution < 1.29 is 14.3 Å². The minimum absolute atomic E-state index is 0.0721. The minimum atomic E-state index is -0.323. The van der Waals surface area contributed by atoms with Gasteiger partial charge in [0.15, 0.2) is 0 Å². The van der Waals surface area contributed by atoms with Gasteiger partial charge in [0.2, 0.25) is 5.91 Å². The average Bonchev–Trinajstić information content (AvgIpc) is 2.82. The van der Waals surface area contributed by atoms with Crippen LogP contribution in [0.25, 0.3) is 0 Å². The molecule has 0 saturated carbocycles. The number of carbonyl (C=O) groups excluding carboxylic acids is 2. The van der Waals surface area contributed by atoms with Crippen LogP contribution in [0.1, 0.15) is 50.2 Å². The maximum Gasteiger partial charge on any atom is 0.224 e. The average molecular weight is 421 g/mol. The number of rotatable bonds is 8. The molecule has 2 heterocycles. The van der Waals surface area contributed by atoms with Crippen LogP contribution in [0.15, 0.2) is 48.5 Å². The fourth-order valence-corrected chi connectivity index (χ4v) is 4.90. The molecule has 1 saturated heterocycles. The Morgan fingerprint density at radius 3 is 2.61 bits per heavy atom. The molecule has 0 aromatic heterocycles. The number of fused-ring (bicyclic) bond motifs is 1. The zero-order chi connectivity index (χ0) is 21.7.